The first-order valence-electron chi connectivity index (χ1n) is 9.17. The van der Waals surface area contributed by atoms with E-state index in [1.54, 1.807) is 12.1 Å². The Morgan fingerprint density at radius 1 is 1.27 bits per heavy atom. The van der Waals surface area contributed by atoms with Crippen molar-refractivity contribution in [2.24, 2.45) is 0 Å². The summed E-state index contributed by atoms with van der Waals surface area (Å²) < 4.78 is 5.49. The Bertz CT molecular complexity index is 668. The average Bonchev–Trinajstić information content (AvgIpc) is 3.18. The third-order valence-corrected chi connectivity index (χ3v) is 5.45. The topological polar surface area (TPSA) is 61.9 Å². The molecule has 0 spiro atoms. The number of anilines is 1. The van der Waals surface area contributed by atoms with Gasteiger partial charge in [0.05, 0.1) is 6.04 Å². The lowest BCUT2D eigenvalue weighted by Gasteiger charge is -2.38. The molecule has 2 heterocycles. The van der Waals surface area contributed by atoms with E-state index < -0.39 is 0 Å². The van der Waals surface area contributed by atoms with Gasteiger partial charge in [0.1, 0.15) is 6.10 Å². The SMILES string of the molecule is Cc1ccc(Cl)cc1NC(=O)C(C)N1CCN(C(=O)C2CCCO2)CC1. The molecule has 0 saturated carbocycles. The van der Waals surface area contributed by atoms with Crippen LogP contribution in [0.1, 0.15) is 25.3 Å². The molecule has 1 aromatic carbocycles. The number of nitrogens with one attached hydrogen (secondary N) is 1. The second kappa shape index (κ2) is 8.37. The fraction of sp³-hybridized carbons (Fsp3) is 0.579. The molecule has 26 heavy (non-hydrogen) atoms. The maximum absolute atomic E-state index is 12.6. The van der Waals surface area contributed by atoms with Crippen molar-refractivity contribution in [3.8, 4) is 0 Å². The average molecular weight is 380 g/mol. The van der Waals surface area contributed by atoms with Gasteiger partial charge >= 0.3 is 0 Å². The molecule has 1 aromatic rings. The van der Waals surface area contributed by atoms with E-state index in [1.165, 1.54) is 0 Å². The van der Waals surface area contributed by atoms with E-state index in [0.717, 1.165) is 24.1 Å². The molecule has 142 valence electrons. The number of aryl methyl sites for hydroxylation is 1. The van der Waals surface area contributed by atoms with Crippen molar-refractivity contribution in [2.45, 2.75) is 38.8 Å². The van der Waals surface area contributed by atoms with Crippen molar-refractivity contribution in [3.05, 3.63) is 28.8 Å². The molecule has 6 nitrogen and oxygen atoms in total. The smallest absolute Gasteiger partial charge is 0.251 e. The van der Waals surface area contributed by atoms with Gasteiger partial charge in [0, 0.05) is 43.5 Å². The van der Waals surface area contributed by atoms with Crippen LogP contribution in [0.3, 0.4) is 0 Å². The molecule has 0 radical (unpaired) electrons. The summed E-state index contributed by atoms with van der Waals surface area (Å²) in [6.07, 6.45) is 1.50. The molecule has 0 bridgehead atoms. The molecule has 0 aromatic heterocycles. The molecule has 2 aliphatic rings. The van der Waals surface area contributed by atoms with Crippen molar-refractivity contribution in [3.63, 3.8) is 0 Å². The van der Waals surface area contributed by atoms with E-state index in [2.05, 4.69) is 10.2 Å². The fourth-order valence-corrected chi connectivity index (χ4v) is 3.61. The van der Waals surface area contributed by atoms with Crippen LogP contribution in [0.25, 0.3) is 0 Å². The number of halogens is 1. The lowest BCUT2D eigenvalue weighted by Crippen LogP contribution is -2.55. The molecule has 2 fully saturated rings. The number of hydrogen-bond acceptors (Lipinski definition) is 4. The highest BCUT2D eigenvalue weighted by molar-refractivity contribution is 6.31. The zero-order valence-corrected chi connectivity index (χ0v) is 16.1. The first kappa shape index (κ1) is 19.1. The first-order chi connectivity index (χ1) is 12.5. The van der Waals surface area contributed by atoms with E-state index in [0.29, 0.717) is 37.8 Å². The van der Waals surface area contributed by atoms with Crippen LogP contribution in [0, 0.1) is 6.92 Å². The summed E-state index contributed by atoms with van der Waals surface area (Å²) in [6, 6.07) is 5.19. The van der Waals surface area contributed by atoms with Crippen molar-refractivity contribution in [2.75, 3.05) is 38.1 Å². The van der Waals surface area contributed by atoms with Crippen LogP contribution in [0.15, 0.2) is 18.2 Å². The highest BCUT2D eigenvalue weighted by Crippen LogP contribution is 2.21. The lowest BCUT2D eigenvalue weighted by molar-refractivity contribution is -0.143. The Hall–Kier alpha value is -1.63. The van der Waals surface area contributed by atoms with Gasteiger partial charge in [0.15, 0.2) is 0 Å². The number of amides is 2. The Kier molecular flexibility index (Phi) is 6.16. The minimum Gasteiger partial charge on any atom is -0.368 e. The van der Waals surface area contributed by atoms with Gasteiger partial charge in [0.2, 0.25) is 5.91 Å². The molecular weight excluding hydrogens is 354 g/mol. The minimum atomic E-state index is -0.270. The number of rotatable bonds is 4. The number of benzene rings is 1. The quantitative estimate of drug-likeness (QED) is 0.872. The second-order valence-corrected chi connectivity index (χ2v) is 7.42. The summed E-state index contributed by atoms with van der Waals surface area (Å²) in [4.78, 5) is 29.0. The van der Waals surface area contributed by atoms with Crippen LogP contribution in [0.5, 0.6) is 0 Å². The van der Waals surface area contributed by atoms with Gasteiger partial charge in [-0.3, -0.25) is 14.5 Å². The molecule has 3 rings (SSSR count). The number of carbonyl (C=O) groups excluding carboxylic acids is 2. The van der Waals surface area contributed by atoms with Gasteiger partial charge in [-0.2, -0.15) is 0 Å². The van der Waals surface area contributed by atoms with Crippen molar-refractivity contribution in [1.82, 2.24) is 9.80 Å². The predicted molar refractivity (Wildman–Crippen MR) is 101 cm³/mol. The molecule has 2 amide bonds. The maximum atomic E-state index is 12.6. The molecule has 2 aliphatic heterocycles. The van der Waals surface area contributed by atoms with Crippen LogP contribution >= 0.6 is 11.6 Å². The van der Waals surface area contributed by atoms with E-state index in [4.69, 9.17) is 16.3 Å². The molecule has 7 heteroatoms. The van der Waals surface area contributed by atoms with Crippen molar-refractivity contribution < 1.29 is 14.3 Å². The third kappa shape index (κ3) is 4.37. The zero-order chi connectivity index (χ0) is 18.7. The van der Waals surface area contributed by atoms with E-state index in [-0.39, 0.29) is 24.0 Å². The highest BCUT2D eigenvalue weighted by atomic mass is 35.5. The number of carbonyl (C=O) groups is 2. The van der Waals surface area contributed by atoms with E-state index >= 15 is 0 Å². The molecule has 2 saturated heterocycles. The van der Waals surface area contributed by atoms with Gasteiger partial charge in [-0.25, -0.2) is 0 Å². The van der Waals surface area contributed by atoms with Crippen LogP contribution in [-0.4, -0.2) is 66.5 Å². The van der Waals surface area contributed by atoms with E-state index in [9.17, 15) is 9.59 Å². The van der Waals surface area contributed by atoms with Gasteiger partial charge in [-0.1, -0.05) is 17.7 Å². The standard InChI is InChI=1S/C19H26ClN3O3/c1-13-5-6-15(20)12-16(13)21-18(24)14(2)22-7-9-23(10-8-22)19(25)17-4-3-11-26-17/h5-6,12,14,17H,3-4,7-11H2,1-2H3,(H,21,24). The van der Waals surface area contributed by atoms with Gasteiger partial charge in [0.25, 0.3) is 5.91 Å². The zero-order valence-electron chi connectivity index (χ0n) is 15.3. The molecule has 2 atom stereocenters. The summed E-state index contributed by atoms with van der Waals surface area (Å²) in [6.45, 7) is 7.14. The normalized spacial score (nSPS) is 22.3. The first-order valence-corrected chi connectivity index (χ1v) is 9.55. The Balaban J connectivity index is 1.52. The second-order valence-electron chi connectivity index (χ2n) is 6.99. The minimum absolute atomic E-state index is 0.0609. The monoisotopic (exact) mass is 379 g/mol. The molecule has 0 aliphatic carbocycles. The van der Waals surface area contributed by atoms with Crippen LogP contribution < -0.4 is 5.32 Å². The van der Waals surface area contributed by atoms with Gasteiger partial charge in [-0.15, -0.1) is 0 Å². The lowest BCUT2D eigenvalue weighted by atomic mass is 10.1. The molecule has 1 N–H and O–H groups in total. The summed E-state index contributed by atoms with van der Waals surface area (Å²) in [7, 11) is 0. The van der Waals surface area contributed by atoms with Crippen molar-refractivity contribution in [1.29, 1.82) is 0 Å². The number of ether oxygens (including phenoxy) is 1. The van der Waals surface area contributed by atoms with Gasteiger partial charge < -0.3 is 15.0 Å². The van der Waals surface area contributed by atoms with E-state index in [1.807, 2.05) is 24.8 Å². The Morgan fingerprint density at radius 3 is 2.65 bits per heavy atom. The van der Waals surface area contributed by atoms with Crippen LogP contribution in [0.2, 0.25) is 5.02 Å². The summed E-state index contributed by atoms with van der Waals surface area (Å²) in [5.74, 6) is 0.0306. The maximum Gasteiger partial charge on any atom is 0.251 e. The number of hydrogen-bond donors (Lipinski definition) is 1. The highest BCUT2D eigenvalue weighted by Gasteiger charge is 2.32. The summed E-state index contributed by atoms with van der Waals surface area (Å²) in [5, 5.41) is 3.56. The predicted octanol–water partition coefficient (Wildman–Crippen LogP) is 2.30. The fourth-order valence-electron chi connectivity index (χ4n) is 3.44. The third-order valence-electron chi connectivity index (χ3n) is 5.22. The Labute approximate surface area is 159 Å². The van der Waals surface area contributed by atoms with Gasteiger partial charge in [-0.05, 0) is 44.4 Å². The Morgan fingerprint density at radius 2 is 2.00 bits per heavy atom. The number of nitrogens with zero attached hydrogens (tertiary/aromatic N) is 2. The van der Waals surface area contributed by atoms with Crippen LogP contribution in [-0.2, 0) is 14.3 Å². The number of piperazine rings is 1. The molecule has 2 unspecified atom stereocenters. The largest absolute Gasteiger partial charge is 0.368 e. The van der Waals surface area contributed by atoms with Crippen molar-refractivity contribution >= 4 is 29.1 Å². The summed E-state index contributed by atoms with van der Waals surface area (Å²) in [5.41, 5.74) is 1.71. The van der Waals surface area contributed by atoms with Crippen LogP contribution in [0.4, 0.5) is 5.69 Å². The summed E-state index contributed by atoms with van der Waals surface area (Å²) >= 11 is 6.02. The molecular formula is C19H26ClN3O3.